The molecule has 0 atom stereocenters. The molecule has 1 N–H and O–H groups in total. The van der Waals surface area contributed by atoms with Crippen molar-refractivity contribution in [1.29, 1.82) is 0 Å². The molecule has 1 amide bonds. The van der Waals surface area contributed by atoms with Crippen molar-refractivity contribution in [3.8, 4) is 0 Å². The maximum atomic E-state index is 12.1. The van der Waals surface area contributed by atoms with Crippen LogP contribution in [0.15, 0.2) is 22.6 Å². The Hall–Kier alpha value is -1.44. The number of carbonyl (C=O) groups is 1. The number of nitrogens with one attached hydrogen (secondary N) is 1. The molecule has 0 radical (unpaired) electrons. The number of rotatable bonds is 5. The minimum Gasteiger partial charge on any atom is -0.343 e. The van der Waals surface area contributed by atoms with Crippen molar-refractivity contribution in [3.63, 3.8) is 0 Å². The molecule has 2 aromatic rings. The number of hydrogen-bond acceptors (Lipinski definition) is 5. The lowest BCUT2D eigenvalue weighted by Crippen LogP contribution is -2.37. The largest absolute Gasteiger partial charge is 0.343 e. The Morgan fingerprint density at radius 2 is 2.30 bits per heavy atom. The first-order valence-electron chi connectivity index (χ1n) is 5.94. The lowest BCUT2D eigenvalue weighted by molar-refractivity contribution is -0.130. The van der Waals surface area contributed by atoms with Crippen LogP contribution in [0.5, 0.6) is 0 Å². The van der Waals surface area contributed by atoms with Gasteiger partial charge in [-0.1, -0.05) is 0 Å². The molecule has 6 nitrogen and oxygen atoms in total. The van der Waals surface area contributed by atoms with Crippen molar-refractivity contribution in [3.05, 3.63) is 28.1 Å². The second-order valence-electron chi connectivity index (χ2n) is 4.24. The highest BCUT2D eigenvalue weighted by Crippen LogP contribution is 2.13. The predicted molar refractivity (Wildman–Crippen MR) is 82.7 cm³/mol. The highest BCUT2D eigenvalue weighted by molar-refractivity contribution is 7.16. The SMILES string of the molecule is CNCCN(C)C(=O)Cn1cnc2sccc2c1=O.Cl. The van der Waals surface area contributed by atoms with Crippen LogP contribution in [0.1, 0.15) is 0 Å². The molecule has 20 heavy (non-hydrogen) atoms. The number of likely N-dealkylation sites (N-methyl/N-ethyl adjacent to an activating group) is 2. The summed E-state index contributed by atoms with van der Waals surface area (Å²) in [5, 5.41) is 5.37. The zero-order valence-corrected chi connectivity index (χ0v) is 13.0. The Kier molecular flexibility index (Phi) is 6.12. The van der Waals surface area contributed by atoms with Crippen LogP contribution in [-0.2, 0) is 11.3 Å². The molecular formula is C12H17ClN4O2S. The van der Waals surface area contributed by atoms with Crippen LogP contribution in [0.3, 0.4) is 0 Å². The molecule has 2 aromatic heterocycles. The number of fused-ring (bicyclic) bond motifs is 1. The first kappa shape index (κ1) is 16.6. The lowest BCUT2D eigenvalue weighted by atomic mass is 10.4. The van der Waals surface area contributed by atoms with E-state index >= 15 is 0 Å². The zero-order chi connectivity index (χ0) is 13.8. The normalized spacial score (nSPS) is 10.3. The Labute approximate surface area is 126 Å². The Morgan fingerprint density at radius 1 is 1.55 bits per heavy atom. The van der Waals surface area contributed by atoms with Crippen molar-refractivity contribution in [2.24, 2.45) is 0 Å². The topological polar surface area (TPSA) is 67.2 Å². The molecule has 0 unspecified atom stereocenters. The van der Waals surface area contributed by atoms with Crippen LogP contribution in [0, 0.1) is 0 Å². The maximum absolute atomic E-state index is 12.1. The molecule has 0 aliphatic rings. The third-order valence-corrected chi connectivity index (χ3v) is 3.70. The summed E-state index contributed by atoms with van der Waals surface area (Å²) in [6.45, 7) is 1.36. The van der Waals surface area contributed by atoms with Crippen LogP contribution in [0.2, 0.25) is 0 Å². The summed E-state index contributed by atoms with van der Waals surface area (Å²) in [5.41, 5.74) is -0.165. The third-order valence-electron chi connectivity index (χ3n) is 2.88. The number of nitrogens with zero attached hydrogens (tertiary/aromatic N) is 3. The van der Waals surface area contributed by atoms with Gasteiger partial charge in [0.25, 0.3) is 5.56 Å². The van der Waals surface area contributed by atoms with E-state index in [9.17, 15) is 9.59 Å². The summed E-state index contributed by atoms with van der Waals surface area (Å²) >= 11 is 1.42. The smallest absolute Gasteiger partial charge is 0.262 e. The molecule has 2 heterocycles. The molecule has 0 aliphatic heterocycles. The van der Waals surface area contributed by atoms with E-state index in [4.69, 9.17) is 0 Å². The molecule has 8 heteroatoms. The van der Waals surface area contributed by atoms with Crippen molar-refractivity contribution in [1.82, 2.24) is 19.8 Å². The Morgan fingerprint density at radius 3 is 3.00 bits per heavy atom. The first-order chi connectivity index (χ1) is 9.13. The van der Waals surface area contributed by atoms with Gasteiger partial charge in [0, 0.05) is 20.1 Å². The molecule has 0 aliphatic carbocycles. The fourth-order valence-electron chi connectivity index (χ4n) is 1.68. The van der Waals surface area contributed by atoms with Gasteiger partial charge in [-0.25, -0.2) is 4.98 Å². The van der Waals surface area contributed by atoms with E-state index in [-0.39, 0.29) is 30.4 Å². The van der Waals surface area contributed by atoms with Gasteiger partial charge in [-0.3, -0.25) is 14.2 Å². The average Bonchev–Trinajstić information content (AvgIpc) is 2.88. The Bertz CT molecular complexity index is 640. The number of carbonyl (C=O) groups excluding carboxylic acids is 1. The number of amides is 1. The van der Waals surface area contributed by atoms with Crippen molar-refractivity contribution < 1.29 is 4.79 Å². The fourth-order valence-corrected chi connectivity index (χ4v) is 2.40. The summed E-state index contributed by atoms with van der Waals surface area (Å²) in [4.78, 5) is 30.5. The number of hydrogen-bond donors (Lipinski definition) is 1. The van der Waals surface area contributed by atoms with E-state index in [1.807, 2.05) is 12.4 Å². The van der Waals surface area contributed by atoms with E-state index in [0.29, 0.717) is 16.8 Å². The van der Waals surface area contributed by atoms with Gasteiger partial charge in [0.05, 0.1) is 11.7 Å². The molecule has 0 saturated heterocycles. The lowest BCUT2D eigenvalue weighted by Gasteiger charge is -2.17. The van der Waals surface area contributed by atoms with Crippen molar-refractivity contribution >= 4 is 39.9 Å². The molecule has 110 valence electrons. The summed E-state index contributed by atoms with van der Waals surface area (Å²) in [5.74, 6) is -0.103. The van der Waals surface area contributed by atoms with Gasteiger partial charge < -0.3 is 10.2 Å². The van der Waals surface area contributed by atoms with Crippen LogP contribution in [0.4, 0.5) is 0 Å². The minimum atomic E-state index is -0.165. The fraction of sp³-hybridized carbons (Fsp3) is 0.417. The van der Waals surface area contributed by atoms with Gasteiger partial charge in [0.2, 0.25) is 5.91 Å². The third kappa shape index (κ3) is 3.56. The summed E-state index contributed by atoms with van der Waals surface area (Å²) in [6.07, 6.45) is 1.44. The number of aromatic nitrogens is 2. The Balaban J connectivity index is 0.00000200. The second kappa shape index (κ2) is 7.37. The quantitative estimate of drug-likeness (QED) is 0.875. The molecule has 0 aromatic carbocycles. The standard InChI is InChI=1S/C12H16N4O2S.ClH/c1-13-4-5-15(2)10(17)7-16-8-14-11-9(12(16)18)3-6-19-11;/h3,6,8,13H,4-5,7H2,1-2H3;1H. The van der Waals surface area contributed by atoms with Gasteiger partial charge in [0.1, 0.15) is 11.4 Å². The number of thiophene rings is 1. The zero-order valence-electron chi connectivity index (χ0n) is 11.3. The van der Waals surface area contributed by atoms with Gasteiger partial charge >= 0.3 is 0 Å². The van der Waals surface area contributed by atoms with Crippen LogP contribution >= 0.6 is 23.7 Å². The monoisotopic (exact) mass is 316 g/mol. The molecule has 2 rings (SSSR count). The van der Waals surface area contributed by atoms with Crippen LogP contribution in [0.25, 0.3) is 10.2 Å². The van der Waals surface area contributed by atoms with E-state index in [1.54, 1.807) is 18.0 Å². The number of halogens is 1. The van der Waals surface area contributed by atoms with E-state index < -0.39 is 0 Å². The van der Waals surface area contributed by atoms with Gasteiger partial charge in [-0.15, -0.1) is 23.7 Å². The highest BCUT2D eigenvalue weighted by Gasteiger charge is 2.11. The summed E-state index contributed by atoms with van der Waals surface area (Å²) in [7, 11) is 3.55. The first-order valence-corrected chi connectivity index (χ1v) is 6.82. The van der Waals surface area contributed by atoms with E-state index in [2.05, 4.69) is 10.3 Å². The summed E-state index contributed by atoms with van der Waals surface area (Å²) in [6, 6.07) is 1.74. The molecule has 0 bridgehead atoms. The van der Waals surface area contributed by atoms with Crippen molar-refractivity contribution in [2.45, 2.75) is 6.54 Å². The highest BCUT2D eigenvalue weighted by atomic mass is 35.5. The average molecular weight is 317 g/mol. The van der Waals surface area contributed by atoms with E-state index in [0.717, 1.165) is 6.54 Å². The van der Waals surface area contributed by atoms with Crippen molar-refractivity contribution in [2.75, 3.05) is 27.2 Å². The van der Waals surface area contributed by atoms with Gasteiger partial charge in [-0.2, -0.15) is 0 Å². The molecule has 0 spiro atoms. The van der Waals surface area contributed by atoms with E-state index in [1.165, 1.54) is 22.2 Å². The molecular weight excluding hydrogens is 300 g/mol. The predicted octanol–water partition coefficient (Wildman–Crippen LogP) is 0.558. The molecule has 0 fully saturated rings. The van der Waals surface area contributed by atoms with Gasteiger partial charge in [-0.05, 0) is 18.5 Å². The van der Waals surface area contributed by atoms with Crippen LogP contribution < -0.4 is 10.9 Å². The second-order valence-corrected chi connectivity index (χ2v) is 5.13. The summed E-state index contributed by atoms with van der Waals surface area (Å²) < 4.78 is 1.35. The molecule has 0 saturated carbocycles. The van der Waals surface area contributed by atoms with Gasteiger partial charge in [0.15, 0.2) is 0 Å². The minimum absolute atomic E-state index is 0. The van der Waals surface area contributed by atoms with Crippen LogP contribution in [-0.4, -0.2) is 47.5 Å². The maximum Gasteiger partial charge on any atom is 0.262 e.